The van der Waals surface area contributed by atoms with Gasteiger partial charge in [0.25, 0.3) is 0 Å². The molecule has 0 aliphatic carbocycles. The average Bonchev–Trinajstić information content (AvgIpc) is 2.48. The lowest BCUT2D eigenvalue weighted by molar-refractivity contribution is -0.121. The molecule has 1 aliphatic rings. The lowest BCUT2D eigenvalue weighted by Gasteiger charge is -2.32. The lowest BCUT2D eigenvalue weighted by Crippen LogP contribution is -2.50. The van der Waals surface area contributed by atoms with E-state index in [0.29, 0.717) is 18.9 Å². The first-order chi connectivity index (χ1) is 9.72. The van der Waals surface area contributed by atoms with Gasteiger partial charge in [-0.1, -0.05) is 25.1 Å². The topological polar surface area (TPSA) is 56.1 Å². The standard InChI is InChI=1S/C16H21N3O/c1-13-8-10-18-15(12-13)16(20)19(11-5-9-17)14-6-3-2-4-7-14/h2-4,6-7,13,15,18H,5,8,10-12H2,1H3. The van der Waals surface area contributed by atoms with Crippen LogP contribution in [0.1, 0.15) is 26.2 Å². The molecule has 0 aromatic heterocycles. The zero-order valence-corrected chi connectivity index (χ0v) is 11.9. The van der Waals surface area contributed by atoms with E-state index in [0.717, 1.165) is 25.1 Å². The molecule has 1 heterocycles. The molecule has 1 saturated heterocycles. The van der Waals surface area contributed by atoms with E-state index in [9.17, 15) is 4.79 Å². The van der Waals surface area contributed by atoms with Gasteiger partial charge in [-0.15, -0.1) is 0 Å². The number of piperidine rings is 1. The highest BCUT2D eigenvalue weighted by Gasteiger charge is 2.28. The van der Waals surface area contributed by atoms with Crippen LogP contribution in [0, 0.1) is 17.2 Å². The maximum atomic E-state index is 12.7. The fraction of sp³-hybridized carbons (Fsp3) is 0.500. The van der Waals surface area contributed by atoms with Crippen molar-refractivity contribution in [2.24, 2.45) is 5.92 Å². The number of nitriles is 1. The van der Waals surface area contributed by atoms with Crippen molar-refractivity contribution in [2.75, 3.05) is 18.0 Å². The Labute approximate surface area is 120 Å². The SMILES string of the molecule is CC1CCNC(C(=O)N(CCC#N)c2ccccc2)C1. The van der Waals surface area contributed by atoms with E-state index < -0.39 is 0 Å². The smallest absolute Gasteiger partial charge is 0.244 e. The van der Waals surface area contributed by atoms with Crippen LogP contribution in [-0.2, 0) is 4.79 Å². The van der Waals surface area contributed by atoms with Gasteiger partial charge >= 0.3 is 0 Å². The minimum absolute atomic E-state index is 0.0815. The van der Waals surface area contributed by atoms with Crippen LogP contribution in [0.4, 0.5) is 5.69 Å². The summed E-state index contributed by atoms with van der Waals surface area (Å²) in [5, 5.41) is 12.1. The summed E-state index contributed by atoms with van der Waals surface area (Å²) in [6.45, 7) is 3.52. The van der Waals surface area contributed by atoms with Crippen LogP contribution in [-0.4, -0.2) is 25.0 Å². The summed E-state index contributed by atoms with van der Waals surface area (Å²) in [6, 6.07) is 11.6. The van der Waals surface area contributed by atoms with Gasteiger partial charge in [-0.2, -0.15) is 5.26 Å². The Hall–Kier alpha value is -1.86. The molecule has 2 rings (SSSR count). The number of anilines is 1. The van der Waals surface area contributed by atoms with Crippen LogP contribution >= 0.6 is 0 Å². The Morgan fingerprint density at radius 1 is 1.45 bits per heavy atom. The molecule has 4 nitrogen and oxygen atoms in total. The van der Waals surface area contributed by atoms with Crippen molar-refractivity contribution in [3.05, 3.63) is 30.3 Å². The van der Waals surface area contributed by atoms with Crippen LogP contribution in [0.3, 0.4) is 0 Å². The molecule has 0 radical (unpaired) electrons. The molecule has 1 N–H and O–H groups in total. The van der Waals surface area contributed by atoms with Crippen molar-refractivity contribution in [2.45, 2.75) is 32.2 Å². The molecule has 4 heteroatoms. The van der Waals surface area contributed by atoms with Gasteiger partial charge in [-0.05, 0) is 37.4 Å². The fourth-order valence-electron chi connectivity index (χ4n) is 2.62. The van der Waals surface area contributed by atoms with E-state index in [1.165, 1.54) is 0 Å². The van der Waals surface area contributed by atoms with Crippen LogP contribution in [0.25, 0.3) is 0 Å². The number of para-hydroxylation sites is 1. The maximum absolute atomic E-state index is 12.7. The number of amides is 1. The van der Waals surface area contributed by atoms with Crippen LogP contribution in [0.2, 0.25) is 0 Å². The average molecular weight is 271 g/mol. The Kier molecular flexibility index (Phi) is 5.14. The van der Waals surface area contributed by atoms with Crippen LogP contribution in [0.5, 0.6) is 0 Å². The number of carbonyl (C=O) groups excluding carboxylic acids is 1. The lowest BCUT2D eigenvalue weighted by atomic mass is 9.93. The summed E-state index contributed by atoms with van der Waals surface area (Å²) < 4.78 is 0. The van der Waals surface area contributed by atoms with E-state index in [2.05, 4.69) is 18.3 Å². The second-order valence-corrected chi connectivity index (χ2v) is 5.37. The second-order valence-electron chi connectivity index (χ2n) is 5.37. The molecule has 1 aromatic carbocycles. The van der Waals surface area contributed by atoms with E-state index in [-0.39, 0.29) is 11.9 Å². The monoisotopic (exact) mass is 271 g/mol. The van der Waals surface area contributed by atoms with E-state index >= 15 is 0 Å². The van der Waals surface area contributed by atoms with Gasteiger partial charge < -0.3 is 10.2 Å². The van der Waals surface area contributed by atoms with Crippen LogP contribution < -0.4 is 10.2 Å². The van der Waals surface area contributed by atoms with Crippen molar-refractivity contribution < 1.29 is 4.79 Å². The Balaban J connectivity index is 2.14. The van der Waals surface area contributed by atoms with E-state index in [1.807, 2.05) is 30.3 Å². The summed E-state index contributed by atoms with van der Waals surface area (Å²) in [5.74, 6) is 0.650. The molecule has 20 heavy (non-hydrogen) atoms. The van der Waals surface area contributed by atoms with E-state index in [4.69, 9.17) is 5.26 Å². The summed E-state index contributed by atoms with van der Waals surface area (Å²) in [5.41, 5.74) is 0.868. The quantitative estimate of drug-likeness (QED) is 0.914. The predicted octanol–water partition coefficient (Wildman–Crippen LogP) is 2.32. The summed E-state index contributed by atoms with van der Waals surface area (Å²) in [4.78, 5) is 14.4. The summed E-state index contributed by atoms with van der Waals surface area (Å²) >= 11 is 0. The van der Waals surface area contributed by atoms with E-state index in [1.54, 1.807) is 4.90 Å². The van der Waals surface area contributed by atoms with Gasteiger partial charge in [0.1, 0.15) is 0 Å². The highest BCUT2D eigenvalue weighted by Crippen LogP contribution is 2.20. The number of carbonyl (C=O) groups is 1. The Morgan fingerprint density at radius 2 is 2.20 bits per heavy atom. The molecule has 1 aliphatic heterocycles. The Morgan fingerprint density at radius 3 is 2.85 bits per heavy atom. The molecule has 2 unspecified atom stereocenters. The molecule has 1 aromatic rings. The number of rotatable bonds is 4. The molecule has 0 bridgehead atoms. The predicted molar refractivity (Wildman–Crippen MR) is 79.2 cm³/mol. The van der Waals surface area contributed by atoms with Crippen LogP contribution in [0.15, 0.2) is 30.3 Å². The van der Waals surface area contributed by atoms with Crippen molar-refractivity contribution in [1.29, 1.82) is 5.26 Å². The first-order valence-electron chi connectivity index (χ1n) is 7.19. The molecular formula is C16H21N3O. The molecular weight excluding hydrogens is 250 g/mol. The summed E-state index contributed by atoms with van der Waals surface area (Å²) in [6.07, 6.45) is 2.34. The fourth-order valence-corrected chi connectivity index (χ4v) is 2.62. The molecule has 0 saturated carbocycles. The largest absolute Gasteiger partial charge is 0.310 e. The van der Waals surface area contributed by atoms with Gasteiger partial charge in [0.05, 0.1) is 18.5 Å². The third kappa shape index (κ3) is 3.58. The number of nitrogens with one attached hydrogen (secondary N) is 1. The molecule has 1 fully saturated rings. The highest BCUT2D eigenvalue weighted by atomic mass is 16.2. The molecule has 1 amide bonds. The normalized spacial score (nSPS) is 22.0. The number of hydrogen-bond acceptors (Lipinski definition) is 3. The third-order valence-electron chi connectivity index (χ3n) is 3.75. The highest BCUT2D eigenvalue weighted by molar-refractivity contribution is 5.97. The van der Waals surface area contributed by atoms with Gasteiger partial charge in [0.2, 0.25) is 5.91 Å². The zero-order valence-electron chi connectivity index (χ0n) is 11.9. The number of nitrogens with zero attached hydrogens (tertiary/aromatic N) is 2. The first kappa shape index (κ1) is 14.5. The first-order valence-corrected chi connectivity index (χ1v) is 7.19. The summed E-state index contributed by atoms with van der Waals surface area (Å²) in [7, 11) is 0. The Bertz CT molecular complexity index is 480. The molecule has 2 atom stereocenters. The van der Waals surface area contributed by atoms with Crippen molar-refractivity contribution >= 4 is 11.6 Å². The van der Waals surface area contributed by atoms with Gasteiger partial charge in [0.15, 0.2) is 0 Å². The van der Waals surface area contributed by atoms with Gasteiger partial charge in [-0.3, -0.25) is 4.79 Å². The number of hydrogen-bond donors (Lipinski definition) is 1. The third-order valence-corrected chi connectivity index (χ3v) is 3.75. The zero-order chi connectivity index (χ0) is 14.4. The second kappa shape index (κ2) is 7.06. The number of benzene rings is 1. The van der Waals surface area contributed by atoms with Crippen molar-refractivity contribution in [3.63, 3.8) is 0 Å². The minimum Gasteiger partial charge on any atom is -0.310 e. The minimum atomic E-state index is -0.127. The molecule has 0 spiro atoms. The van der Waals surface area contributed by atoms with Crippen molar-refractivity contribution in [3.8, 4) is 6.07 Å². The van der Waals surface area contributed by atoms with Crippen molar-refractivity contribution in [1.82, 2.24) is 5.32 Å². The molecule has 106 valence electrons. The van der Waals surface area contributed by atoms with Gasteiger partial charge in [-0.25, -0.2) is 0 Å². The van der Waals surface area contributed by atoms with Gasteiger partial charge in [0, 0.05) is 12.2 Å². The maximum Gasteiger partial charge on any atom is 0.244 e.